The molecule has 1 aromatic carbocycles. The van der Waals surface area contributed by atoms with Gasteiger partial charge in [-0.1, -0.05) is 24.4 Å². The zero-order valence-corrected chi connectivity index (χ0v) is 13.4. The van der Waals surface area contributed by atoms with Gasteiger partial charge < -0.3 is 19.9 Å². The largest absolute Gasteiger partial charge is 0.495 e. The summed E-state index contributed by atoms with van der Waals surface area (Å²) in [5.74, 6) is 2.22. The van der Waals surface area contributed by atoms with E-state index in [2.05, 4.69) is 5.32 Å². The number of benzene rings is 1. The van der Waals surface area contributed by atoms with Crippen molar-refractivity contribution in [3.63, 3.8) is 0 Å². The minimum Gasteiger partial charge on any atom is -0.495 e. The van der Waals surface area contributed by atoms with Crippen LogP contribution in [-0.4, -0.2) is 32.5 Å². The van der Waals surface area contributed by atoms with Crippen LogP contribution in [0, 0.1) is 11.8 Å². The van der Waals surface area contributed by atoms with E-state index in [1.165, 1.54) is 12.8 Å². The van der Waals surface area contributed by atoms with Crippen molar-refractivity contribution in [2.24, 2.45) is 11.8 Å². The van der Waals surface area contributed by atoms with E-state index >= 15 is 0 Å². The lowest BCUT2D eigenvalue weighted by Gasteiger charge is -2.30. The monoisotopic (exact) mass is 313 g/mol. The standard InChI is InChI=1S/C16H24ClNO3/c1-20-15-8-14(16(21-2)7-13(15)17)18-9-11-5-3-4-6-12(11)10-19/h7-8,11-12,18-19H,3-6,9-10H2,1-2H3. The molecule has 2 unspecified atom stereocenters. The van der Waals surface area contributed by atoms with E-state index in [0.29, 0.717) is 28.4 Å². The average Bonchev–Trinajstić information content (AvgIpc) is 2.53. The van der Waals surface area contributed by atoms with Crippen LogP contribution in [0.25, 0.3) is 0 Å². The summed E-state index contributed by atoms with van der Waals surface area (Å²) < 4.78 is 10.6. The molecule has 2 N–H and O–H groups in total. The average molecular weight is 314 g/mol. The molecule has 1 aliphatic carbocycles. The van der Waals surface area contributed by atoms with Gasteiger partial charge in [-0.15, -0.1) is 0 Å². The normalized spacial score (nSPS) is 21.9. The lowest BCUT2D eigenvalue weighted by Crippen LogP contribution is -2.28. The number of rotatable bonds is 6. The highest BCUT2D eigenvalue weighted by atomic mass is 35.5. The highest BCUT2D eigenvalue weighted by molar-refractivity contribution is 6.32. The van der Waals surface area contributed by atoms with Crippen molar-refractivity contribution < 1.29 is 14.6 Å². The van der Waals surface area contributed by atoms with E-state index in [-0.39, 0.29) is 6.61 Å². The number of hydrogen-bond acceptors (Lipinski definition) is 4. The molecule has 2 atom stereocenters. The summed E-state index contributed by atoms with van der Waals surface area (Å²) in [7, 11) is 3.22. The molecule has 0 bridgehead atoms. The summed E-state index contributed by atoms with van der Waals surface area (Å²) in [5.41, 5.74) is 0.876. The van der Waals surface area contributed by atoms with Gasteiger partial charge in [0.1, 0.15) is 11.5 Å². The molecule has 1 aliphatic rings. The molecule has 1 saturated carbocycles. The zero-order chi connectivity index (χ0) is 15.2. The summed E-state index contributed by atoms with van der Waals surface area (Å²) in [6.45, 7) is 1.10. The number of methoxy groups -OCH3 is 2. The number of anilines is 1. The van der Waals surface area contributed by atoms with Crippen LogP contribution in [0.15, 0.2) is 12.1 Å². The van der Waals surface area contributed by atoms with Crippen LogP contribution in [0.3, 0.4) is 0 Å². The Bertz CT molecular complexity index is 467. The van der Waals surface area contributed by atoms with Gasteiger partial charge in [-0.3, -0.25) is 0 Å². The van der Waals surface area contributed by atoms with Crippen LogP contribution in [0.1, 0.15) is 25.7 Å². The number of nitrogens with one attached hydrogen (secondary N) is 1. The fourth-order valence-electron chi connectivity index (χ4n) is 3.03. The van der Waals surface area contributed by atoms with Crippen molar-refractivity contribution in [1.82, 2.24) is 0 Å². The quantitative estimate of drug-likeness (QED) is 0.843. The Kier molecular flexibility index (Phi) is 6.00. The molecule has 1 aromatic rings. The fraction of sp³-hybridized carbons (Fsp3) is 0.625. The first kappa shape index (κ1) is 16.2. The lowest BCUT2D eigenvalue weighted by molar-refractivity contribution is 0.141. The molecule has 118 valence electrons. The van der Waals surface area contributed by atoms with E-state index in [1.807, 2.05) is 6.07 Å². The van der Waals surface area contributed by atoms with Gasteiger partial charge >= 0.3 is 0 Å². The van der Waals surface area contributed by atoms with Crippen molar-refractivity contribution in [3.8, 4) is 11.5 Å². The van der Waals surface area contributed by atoms with E-state index in [0.717, 1.165) is 25.1 Å². The molecule has 0 heterocycles. The van der Waals surface area contributed by atoms with Gasteiger partial charge in [0.15, 0.2) is 0 Å². The van der Waals surface area contributed by atoms with Gasteiger partial charge in [0, 0.05) is 25.3 Å². The van der Waals surface area contributed by atoms with Crippen molar-refractivity contribution in [2.45, 2.75) is 25.7 Å². The third kappa shape index (κ3) is 3.95. The van der Waals surface area contributed by atoms with Crippen LogP contribution >= 0.6 is 11.6 Å². The van der Waals surface area contributed by atoms with Crippen LogP contribution in [0.5, 0.6) is 11.5 Å². The Morgan fingerprint density at radius 1 is 1.14 bits per heavy atom. The van der Waals surface area contributed by atoms with E-state index < -0.39 is 0 Å². The van der Waals surface area contributed by atoms with Gasteiger partial charge in [0.05, 0.1) is 24.9 Å². The molecule has 4 nitrogen and oxygen atoms in total. The highest BCUT2D eigenvalue weighted by Crippen LogP contribution is 2.37. The second kappa shape index (κ2) is 7.76. The predicted molar refractivity (Wildman–Crippen MR) is 85.6 cm³/mol. The molecule has 0 spiro atoms. The van der Waals surface area contributed by atoms with Gasteiger partial charge in [-0.05, 0) is 24.7 Å². The van der Waals surface area contributed by atoms with E-state index in [1.54, 1.807) is 20.3 Å². The van der Waals surface area contributed by atoms with Gasteiger partial charge in [0.25, 0.3) is 0 Å². The second-order valence-electron chi connectivity index (χ2n) is 5.56. The number of ether oxygens (including phenoxy) is 2. The first-order valence-corrected chi connectivity index (χ1v) is 7.83. The lowest BCUT2D eigenvalue weighted by atomic mass is 9.79. The maximum absolute atomic E-state index is 9.49. The molecule has 0 amide bonds. The topological polar surface area (TPSA) is 50.7 Å². The molecule has 0 aliphatic heterocycles. The number of halogens is 1. The van der Waals surface area contributed by atoms with Gasteiger partial charge in [-0.2, -0.15) is 0 Å². The van der Waals surface area contributed by atoms with Crippen LogP contribution in [0.2, 0.25) is 5.02 Å². The van der Waals surface area contributed by atoms with Crippen molar-refractivity contribution >= 4 is 17.3 Å². The Labute approximate surface area is 131 Å². The Balaban J connectivity index is 2.07. The maximum Gasteiger partial charge on any atom is 0.143 e. The predicted octanol–water partition coefficient (Wildman–Crippen LogP) is 3.57. The van der Waals surface area contributed by atoms with Crippen molar-refractivity contribution in [2.75, 3.05) is 32.7 Å². The van der Waals surface area contributed by atoms with Crippen molar-refractivity contribution in [1.29, 1.82) is 0 Å². The first-order chi connectivity index (χ1) is 10.2. The Hall–Kier alpha value is -1.13. The Morgan fingerprint density at radius 3 is 2.43 bits per heavy atom. The molecular formula is C16H24ClNO3. The van der Waals surface area contributed by atoms with E-state index in [4.69, 9.17) is 21.1 Å². The molecule has 1 fully saturated rings. The summed E-state index contributed by atoms with van der Waals surface area (Å²) in [6.07, 6.45) is 4.74. The fourth-order valence-corrected chi connectivity index (χ4v) is 3.26. The molecule has 0 radical (unpaired) electrons. The molecule has 2 rings (SSSR count). The Morgan fingerprint density at radius 2 is 1.81 bits per heavy atom. The van der Waals surface area contributed by atoms with Crippen LogP contribution in [-0.2, 0) is 0 Å². The maximum atomic E-state index is 9.49. The molecule has 21 heavy (non-hydrogen) atoms. The highest BCUT2D eigenvalue weighted by Gasteiger charge is 2.24. The van der Waals surface area contributed by atoms with Gasteiger partial charge in [0.2, 0.25) is 0 Å². The SMILES string of the molecule is COc1cc(NCC2CCCCC2CO)c(OC)cc1Cl. The summed E-state index contributed by atoms with van der Waals surface area (Å²) in [5, 5.41) is 13.4. The third-order valence-corrected chi connectivity index (χ3v) is 4.62. The molecule has 0 aromatic heterocycles. The first-order valence-electron chi connectivity index (χ1n) is 7.45. The second-order valence-corrected chi connectivity index (χ2v) is 5.96. The molecule has 5 heteroatoms. The van der Waals surface area contributed by atoms with Crippen LogP contribution in [0.4, 0.5) is 5.69 Å². The molecule has 0 saturated heterocycles. The summed E-state index contributed by atoms with van der Waals surface area (Å²) in [6, 6.07) is 3.62. The van der Waals surface area contributed by atoms with E-state index in [9.17, 15) is 5.11 Å². The number of hydrogen-bond donors (Lipinski definition) is 2. The minimum atomic E-state index is 0.271. The van der Waals surface area contributed by atoms with Crippen molar-refractivity contribution in [3.05, 3.63) is 17.2 Å². The summed E-state index contributed by atoms with van der Waals surface area (Å²) in [4.78, 5) is 0. The smallest absolute Gasteiger partial charge is 0.143 e. The number of aliphatic hydroxyl groups is 1. The summed E-state index contributed by atoms with van der Waals surface area (Å²) >= 11 is 6.11. The molecular weight excluding hydrogens is 290 g/mol. The van der Waals surface area contributed by atoms with Crippen LogP contribution < -0.4 is 14.8 Å². The number of aliphatic hydroxyl groups excluding tert-OH is 1. The third-order valence-electron chi connectivity index (χ3n) is 4.33. The zero-order valence-electron chi connectivity index (χ0n) is 12.7. The van der Waals surface area contributed by atoms with Gasteiger partial charge in [-0.25, -0.2) is 0 Å². The minimum absolute atomic E-state index is 0.271.